The summed E-state index contributed by atoms with van der Waals surface area (Å²) >= 11 is 0. The molecule has 0 saturated heterocycles. The number of nitrogen functional groups attached to an aromatic ring is 1. The van der Waals surface area contributed by atoms with Crippen LogP contribution in [0.4, 0.5) is 24.5 Å². The van der Waals surface area contributed by atoms with Gasteiger partial charge in [0.05, 0.1) is 16.3 Å². The zero-order valence-corrected chi connectivity index (χ0v) is 10.7. The van der Waals surface area contributed by atoms with Crippen molar-refractivity contribution in [2.75, 3.05) is 10.5 Å². The summed E-state index contributed by atoms with van der Waals surface area (Å²) in [5, 5.41) is 0. The average molecular weight is 302 g/mol. The molecule has 0 heterocycles. The molecule has 106 valence electrons. The van der Waals surface area contributed by atoms with Crippen LogP contribution in [-0.2, 0) is 10.0 Å². The molecule has 0 spiro atoms. The molecular weight excluding hydrogens is 293 g/mol. The van der Waals surface area contributed by atoms with Crippen LogP contribution in [0, 0.1) is 17.5 Å². The minimum Gasteiger partial charge on any atom is -0.396 e. The molecule has 0 saturated carbocycles. The number of anilines is 2. The van der Waals surface area contributed by atoms with Gasteiger partial charge in [-0.2, -0.15) is 0 Å². The quantitative estimate of drug-likeness (QED) is 0.856. The van der Waals surface area contributed by atoms with E-state index in [0.717, 1.165) is 30.3 Å². The lowest BCUT2D eigenvalue weighted by Crippen LogP contribution is -2.14. The van der Waals surface area contributed by atoms with E-state index in [1.54, 1.807) is 0 Å². The van der Waals surface area contributed by atoms with Gasteiger partial charge in [-0.15, -0.1) is 0 Å². The molecule has 2 aromatic carbocycles. The third-order valence-electron chi connectivity index (χ3n) is 2.45. The summed E-state index contributed by atoms with van der Waals surface area (Å²) in [6.45, 7) is 0. The third kappa shape index (κ3) is 2.85. The lowest BCUT2D eigenvalue weighted by atomic mass is 10.3. The molecule has 0 bridgehead atoms. The number of hydrogen-bond acceptors (Lipinski definition) is 3. The summed E-state index contributed by atoms with van der Waals surface area (Å²) in [6.07, 6.45) is 0. The summed E-state index contributed by atoms with van der Waals surface area (Å²) in [7, 11) is -4.20. The lowest BCUT2D eigenvalue weighted by molar-refractivity contribution is 0.594. The van der Waals surface area contributed by atoms with Gasteiger partial charge in [0.15, 0.2) is 0 Å². The molecule has 0 amide bonds. The number of sulfonamides is 1. The monoisotopic (exact) mass is 302 g/mol. The van der Waals surface area contributed by atoms with E-state index < -0.39 is 33.2 Å². The van der Waals surface area contributed by atoms with E-state index in [0.29, 0.717) is 6.07 Å². The van der Waals surface area contributed by atoms with Gasteiger partial charge in [-0.25, -0.2) is 21.6 Å². The molecule has 0 aliphatic rings. The summed E-state index contributed by atoms with van der Waals surface area (Å²) in [6, 6.07) is 5.04. The van der Waals surface area contributed by atoms with Crippen molar-refractivity contribution in [3.05, 3.63) is 53.8 Å². The highest BCUT2D eigenvalue weighted by Gasteiger charge is 2.18. The van der Waals surface area contributed by atoms with Crippen LogP contribution < -0.4 is 10.5 Å². The fourth-order valence-corrected chi connectivity index (χ4v) is 2.56. The van der Waals surface area contributed by atoms with E-state index in [-0.39, 0.29) is 10.6 Å². The minimum absolute atomic E-state index is 0.361. The number of halogens is 3. The zero-order chi connectivity index (χ0) is 14.9. The first-order valence-corrected chi connectivity index (χ1v) is 6.81. The standard InChI is InChI=1S/C12H9F3N2O2S/c13-7-1-3-10(15)12(5-7)17-20(18,19)8-2-4-9(14)11(16)6-8/h1-6,17H,16H2. The van der Waals surface area contributed by atoms with Crippen LogP contribution >= 0.6 is 0 Å². The highest BCUT2D eigenvalue weighted by atomic mass is 32.2. The summed E-state index contributed by atoms with van der Waals surface area (Å²) in [5.74, 6) is -2.52. The van der Waals surface area contributed by atoms with Crippen molar-refractivity contribution in [2.45, 2.75) is 4.90 Å². The molecule has 2 rings (SSSR count). The molecule has 2 aromatic rings. The Morgan fingerprint density at radius 1 is 0.950 bits per heavy atom. The molecule has 4 nitrogen and oxygen atoms in total. The molecule has 0 unspecified atom stereocenters. The van der Waals surface area contributed by atoms with Crippen molar-refractivity contribution in [2.24, 2.45) is 0 Å². The second-order valence-corrected chi connectivity index (χ2v) is 5.60. The Kier molecular flexibility index (Phi) is 3.58. The topological polar surface area (TPSA) is 72.2 Å². The lowest BCUT2D eigenvalue weighted by Gasteiger charge is -2.09. The van der Waals surface area contributed by atoms with E-state index in [4.69, 9.17) is 5.73 Å². The van der Waals surface area contributed by atoms with Gasteiger partial charge in [-0.1, -0.05) is 0 Å². The van der Waals surface area contributed by atoms with Crippen LogP contribution in [0.1, 0.15) is 0 Å². The van der Waals surface area contributed by atoms with Crippen molar-refractivity contribution in [1.82, 2.24) is 0 Å². The molecule has 20 heavy (non-hydrogen) atoms. The first kappa shape index (κ1) is 14.2. The van der Waals surface area contributed by atoms with Gasteiger partial charge in [0.1, 0.15) is 17.5 Å². The van der Waals surface area contributed by atoms with E-state index >= 15 is 0 Å². The van der Waals surface area contributed by atoms with Crippen LogP contribution in [0.5, 0.6) is 0 Å². The maximum Gasteiger partial charge on any atom is 0.262 e. The Bertz CT molecular complexity index is 763. The molecule has 3 N–H and O–H groups in total. The largest absolute Gasteiger partial charge is 0.396 e. The van der Waals surface area contributed by atoms with Crippen molar-refractivity contribution < 1.29 is 21.6 Å². The third-order valence-corrected chi connectivity index (χ3v) is 3.81. The molecule has 0 aromatic heterocycles. The van der Waals surface area contributed by atoms with Gasteiger partial charge < -0.3 is 5.73 Å². The Hall–Kier alpha value is -2.22. The Morgan fingerprint density at radius 2 is 1.60 bits per heavy atom. The molecular formula is C12H9F3N2O2S. The Morgan fingerprint density at radius 3 is 2.25 bits per heavy atom. The summed E-state index contributed by atoms with van der Waals surface area (Å²) in [5.41, 5.74) is 4.35. The van der Waals surface area contributed by atoms with E-state index in [1.165, 1.54) is 0 Å². The minimum atomic E-state index is -4.20. The van der Waals surface area contributed by atoms with Gasteiger partial charge in [0.2, 0.25) is 0 Å². The summed E-state index contributed by atoms with van der Waals surface area (Å²) in [4.78, 5) is -0.361. The van der Waals surface area contributed by atoms with Crippen LogP contribution in [0.3, 0.4) is 0 Å². The molecule has 0 atom stereocenters. The molecule has 0 aliphatic carbocycles. The predicted molar refractivity (Wildman–Crippen MR) is 68.0 cm³/mol. The smallest absolute Gasteiger partial charge is 0.262 e. The first-order chi connectivity index (χ1) is 9.29. The molecule has 0 fully saturated rings. The van der Waals surface area contributed by atoms with Crippen LogP contribution in [0.25, 0.3) is 0 Å². The first-order valence-electron chi connectivity index (χ1n) is 5.32. The normalized spacial score (nSPS) is 11.3. The predicted octanol–water partition coefficient (Wildman–Crippen LogP) is 2.49. The van der Waals surface area contributed by atoms with E-state index in [2.05, 4.69) is 0 Å². The fourth-order valence-electron chi connectivity index (χ4n) is 1.47. The van der Waals surface area contributed by atoms with E-state index in [9.17, 15) is 21.6 Å². The molecule has 8 heteroatoms. The van der Waals surface area contributed by atoms with Gasteiger partial charge in [-0.05, 0) is 30.3 Å². The van der Waals surface area contributed by atoms with Crippen molar-refractivity contribution in [3.63, 3.8) is 0 Å². The second-order valence-electron chi connectivity index (χ2n) is 3.91. The zero-order valence-electron chi connectivity index (χ0n) is 9.90. The number of nitrogens with one attached hydrogen (secondary N) is 1. The maximum absolute atomic E-state index is 13.4. The van der Waals surface area contributed by atoms with Gasteiger partial charge in [-0.3, -0.25) is 4.72 Å². The molecule has 0 radical (unpaired) electrons. The van der Waals surface area contributed by atoms with Crippen molar-refractivity contribution in [1.29, 1.82) is 0 Å². The van der Waals surface area contributed by atoms with E-state index in [1.807, 2.05) is 4.72 Å². The SMILES string of the molecule is Nc1cc(S(=O)(=O)Nc2cc(F)ccc2F)ccc1F. The van der Waals surface area contributed by atoms with Crippen molar-refractivity contribution in [3.8, 4) is 0 Å². The molecule has 0 aliphatic heterocycles. The van der Waals surface area contributed by atoms with Gasteiger partial charge in [0.25, 0.3) is 10.0 Å². The highest BCUT2D eigenvalue weighted by molar-refractivity contribution is 7.92. The number of nitrogens with two attached hydrogens (primary N) is 1. The van der Waals surface area contributed by atoms with Crippen LogP contribution in [-0.4, -0.2) is 8.42 Å². The summed E-state index contributed by atoms with van der Waals surface area (Å²) < 4.78 is 65.1. The van der Waals surface area contributed by atoms with Crippen molar-refractivity contribution >= 4 is 21.4 Å². The Balaban J connectivity index is 2.40. The van der Waals surface area contributed by atoms with Gasteiger partial charge >= 0.3 is 0 Å². The second kappa shape index (κ2) is 5.04. The average Bonchev–Trinajstić information content (AvgIpc) is 2.36. The van der Waals surface area contributed by atoms with Gasteiger partial charge in [0, 0.05) is 6.07 Å². The van der Waals surface area contributed by atoms with Crippen LogP contribution in [0.15, 0.2) is 41.3 Å². The number of hydrogen-bond donors (Lipinski definition) is 2. The highest BCUT2D eigenvalue weighted by Crippen LogP contribution is 2.22. The number of rotatable bonds is 3. The fraction of sp³-hybridized carbons (Fsp3) is 0. The maximum atomic E-state index is 13.4. The van der Waals surface area contributed by atoms with Crippen LogP contribution in [0.2, 0.25) is 0 Å². The number of benzene rings is 2. The Labute approximate surface area is 113 Å².